The van der Waals surface area contributed by atoms with Crippen molar-refractivity contribution in [3.63, 3.8) is 0 Å². The molecule has 1 aromatic rings. The summed E-state index contributed by atoms with van der Waals surface area (Å²) in [4.78, 5) is 11.5. The molecule has 0 aliphatic rings. The van der Waals surface area contributed by atoms with Crippen molar-refractivity contribution in [2.75, 3.05) is 20.3 Å². The van der Waals surface area contributed by atoms with E-state index in [1.807, 2.05) is 24.3 Å². The van der Waals surface area contributed by atoms with Crippen LogP contribution in [0.25, 0.3) is 0 Å². The van der Waals surface area contributed by atoms with Gasteiger partial charge in [-0.05, 0) is 24.1 Å². The molecular formula is C12H18BrClN2O2. The van der Waals surface area contributed by atoms with Gasteiger partial charge in [0.25, 0.3) is 0 Å². The molecule has 0 aliphatic heterocycles. The molecule has 0 saturated carbocycles. The molecule has 0 fully saturated rings. The topological polar surface area (TPSA) is 64.3 Å². The van der Waals surface area contributed by atoms with Crippen LogP contribution < -0.4 is 11.1 Å². The van der Waals surface area contributed by atoms with Crippen LogP contribution in [0.3, 0.4) is 0 Å². The molecule has 3 N–H and O–H groups in total. The molecule has 1 atom stereocenters. The largest absolute Gasteiger partial charge is 0.383 e. The molecular weight excluding hydrogens is 320 g/mol. The maximum absolute atomic E-state index is 11.5. The molecule has 6 heteroatoms. The number of benzene rings is 1. The smallest absolute Gasteiger partial charge is 0.239 e. The molecule has 1 rings (SSSR count). The van der Waals surface area contributed by atoms with E-state index in [-0.39, 0.29) is 24.9 Å². The van der Waals surface area contributed by atoms with Gasteiger partial charge in [0, 0.05) is 18.1 Å². The number of halogens is 2. The predicted octanol–water partition coefficient (Wildman–Crippen LogP) is 1.50. The van der Waals surface area contributed by atoms with Gasteiger partial charge in [0.05, 0.1) is 6.61 Å². The van der Waals surface area contributed by atoms with Crippen LogP contribution in [-0.2, 0) is 16.0 Å². The van der Waals surface area contributed by atoms with Gasteiger partial charge in [0.1, 0.15) is 6.04 Å². The zero-order valence-electron chi connectivity index (χ0n) is 10.2. The van der Waals surface area contributed by atoms with Crippen LogP contribution in [0.1, 0.15) is 5.56 Å². The average Bonchev–Trinajstić information content (AvgIpc) is 2.32. The summed E-state index contributed by atoms with van der Waals surface area (Å²) in [5.41, 5.74) is 6.76. The van der Waals surface area contributed by atoms with E-state index in [1.54, 1.807) is 0 Å². The van der Waals surface area contributed by atoms with Gasteiger partial charge in [0.2, 0.25) is 5.91 Å². The third-order valence-corrected chi connectivity index (χ3v) is 2.84. The molecule has 0 radical (unpaired) electrons. The first-order valence-corrected chi connectivity index (χ1v) is 6.19. The minimum atomic E-state index is -0.593. The Hall–Kier alpha value is -0.620. The number of carbonyl (C=O) groups is 1. The van der Waals surface area contributed by atoms with Crippen molar-refractivity contribution in [1.82, 2.24) is 5.32 Å². The minimum absolute atomic E-state index is 0. The third kappa shape index (κ3) is 6.35. The highest BCUT2D eigenvalue weighted by atomic mass is 79.9. The van der Waals surface area contributed by atoms with E-state index in [0.717, 1.165) is 10.9 Å². The Labute approximate surface area is 122 Å². The highest BCUT2D eigenvalue weighted by Gasteiger charge is 2.11. The number of rotatable bonds is 6. The zero-order chi connectivity index (χ0) is 12.7. The average molecular weight is 338 g/mol. The molecule has 0 heterocycles. The summed E-state index contributed by atoms with van der Waals surface area (Å²) in [7, 11) is 1.52. The number of nitrogens with one attached hydrogen (secondary N) is 1. The summed E-state index contributed by atoms with van der Waals surface area (Å²) >= 11 is 3.37. The SMILES string of the molecule is COCC(N)C(=O)NCCc1ccc(Br)cc1.Cl. The molecule has 1 amide bonds. The fourth-order valence-corrected chi connectivity index (χ4v) is 1.63. The fourth-order valence-electron chi connectivity index (χ4n) is 1.37. The van der Waals surface area contributed by atoms with Crippen molar-refractivity contribution in [2.45, 2.75) is 12.5 Å². The van der Waals surface area contributed by atoms with Crippen molar-refractivity contribution >= 4 is 34.2 Å². The van der Waals surface area contributed by atoms with E-state index in [9.17, 15) is 4.79 Å². The maximum atomic E-state index is 11.5. The van der Waals surface area contributed by atoms with Crippen LogP contribution >= 0.6 is 28.3 Å². The fraction of sp³-hybridized carbons (Fsp3) is 0.417. The molecule has 18 heavy (non-hydrogen) atoms. The Balaban J connectivity index is 0.00000289. The standard InChI is InChI=1S/C12H17BrN2O2.ClH/c1-17-8-11(14)12(16)15-7-6-9-2-4-10(13)5-3-9;/h2-5,11H,6-8,14H2,1H3,(H,15,16);1H. The van der Waals surface area contributed by atoms with Gasteiger partial charge in [-0.1, -0.05) is 28.1 Å². The highest BCUT2D eigenvalue weighted by Crippen LogP contribution is 2.10. The van der Waals surface area contributed by atoms with Crippen molar-refractivity contribution in [1.29, 1.82) is 0 Å². The number of hydrogen-bond acceptors (Lipinski definition) is 3. The lowest BCUT2D eigenvalue weighted by Crippen LogP contribution is -2.44. The second-order valence-corrected chi connectivity index (χ2v) is 4.65. The lowest BCUT2D eigenvalue weighted by Gasteiger charge is -2.11. The summed E-state index contributed by atoms with van der Waals surface area (Å²) in [6.45, 7) is 0.821. The molecule has 1 unspecified atom stereocenters. The van der Waals surface area contributed by atoms with Crippen LogP contribution in [0.2, 0.25) is 0 Å². The summed E-state index contributed by atoms with van der Waals surface area (Å²) in [5, 5.41) is 2.77. The number of carbonyl (C=O) groups excluding carboxylic acids is 1. The van der Waals surface area contributed by atoms with Crippen LogP contribution in [0.15, 0.2) is 28.7 Å². The molecule has 102 valence electrons. The van der Waals surface area contributed by atoms with E-state index in [2.05, 4.69) is 21.2 Å². The quantitative estimate of drug-likeness (QED) is 0.827. The highest BCUT2D eigenvalue weighted by molar-refractivity contribution is 9.10. The summed E-state index contributed by atoms with van der Waals surface area (Å²) in [6, 6.07) is 7.41. The minimum Gasteiger partial charge on any atom is -0.383 e. The molecule has 0 spiro atoms. The number of ether oxygens (including phenoxy) is 1. The summed E-state index contributed by atoms with van der Waals surface area (Å²) in [6.07, 6.45) is 0.790. The zero-order valence-corrected chi connectivity index (χ0v) is 12.6. The van der Waals surface area contributed by atoms with E-state index in [4.69, 9.17) is 10.5 Å². The van der Waals surface area contributed by atoms with Gasteiger partial charge in [-0.2, -0.15) is 0 Å². The van der Waals surface area contributed by atoms with Crippen molar-refractivity contribution in [3.05, 3.63) is 34.3 Å². The number of amides is 1. The molecule has 0 aromatic heterocycles. The lowest BCUT2D eigenvalue weighted by atomic mass is 10.1. The van der Waals surface area contributed by atoms with E-state index in [1.165, 1.54) is 12.7 Å². The number of nitrogens with two attached hydrogens (primary N) is 1. The third-order valence-electron chi connectivity index (χ3n) is 2.31. The van der Waals surface area contributed by atoms with Crippen LogP contribution in [-0.4, -0.2) is 32.2 Å². The van der Waals surface area contributed by atoms with Gasteiger partial charge >= 0.3 is 0 Å². The van der Waals surface area contributed by atoms with E-state index >= 15 is 0 Å². The molecule has 1 aromatic carbocycles. The molecule has 0 bridgehead atoms. The van der Waals surface area contributed by atoms with Crippen LogP contribution in [0.4, 0.5) is 0 Å². The van der Waals surface area contributed by atoms with Crippen molar-refractivity contribution in [3.8, 4) is 0 Å². The van der Waals surface area contributed by atoms with Crippen molar-refractivity contribution < 1.29 is 9.53 Å². The second-order valence-electron chi connectivity index (χ2n) is 3.73. The first-order chi connectivity index (χ1) is 8.13. The van der Waals surface area contributed by atoms with E-state index < -0.39 is 6.04 Å². The monoisotopic (exact) mass is 336 g/mol. The Morgan fingerprint density at radius 2 is 2.06 bits per heavy atom. The maximum Gasteiger partial charge on any atom is 0.239 e. The van der Waals surface area contributed by atoms with Crippen molar-refractivity contribution in [2.24, 2.45) is 5.73 Å². The Morgan fingerprint density at radius 3 is 2.61 bits per heavy atom. The second kappa shape index (κ2) is 9.33. The predicted molar refractivity (Wildman–Crippen MR) is 78.0 cm³/mol. The van der Waals surface area contributed by atoms with Gasteiger partial charge < -0.3 is 15.8 Å². The summed E-state index contributed by atoms with van der Waals surface area (Å²) in [5.74, 6) is -0.177. The lowest BCUT2D eigenvalue weighted by molar-refractivity contribution is -0.123. The van der Waals surface area contributed by atoms with Gasteiger partial charge in [0.15, 0.2) is 0 Å². The first kappa shape index (κ1) is 17.4. The van der Waals surface area contributed by atoms with Gasteiger partial charge in [-0.25, -0.2) is 0 Å². The normalized spacial score (nSPS) is 11.5. The summed E-state index contributed by atoms with van der Waals surface area (Å²) < 4.78 is 5.86. The molecule has 0 saturated heterocycles. The molecule has 0 aliphatic carbocycles. The Bertz CT molecular complexity index is 360. The first-order valence-electron chi connectivity index (χ1n) is 5.40. The molecule has 4 nitrogen and oxygen atoms in total. The van der Waals surface area contributed by atoms with Gasteiger partial charge in [-0.15, -0.1) is 12.4 Å². The number of hydrogen-bond donors (Lipinski definition) is 2. The Morgan fingerprint density at radius 1 is 1.44 bits per heavy atom. The van der Waals surface area contributed by atoms with E-state index in [0.29, 0.717) is 6.54 Å². The number of methoxy groups -OCH3 is 1. The Kier molecular flexibility index (Phi) is 9.01. The van der Waals surface area contributed by atoms with Crippen LogP contribution in [0.5, 0.6) is 0 Å². The van der Waals surface area contributed by atoms with Crippen LogP contribution in [0, 0.1) is 0 Å². The van der Waals surface area contributed by atoms with Gasteiger partial charge in [-0.3, -0.25) is 4.79 Å².